The molecule has 1 aromatic carbocycles. The van der Waals surface area contributed by atoms with Gasteiger partial charge in [0.05, 0.1) is 7.11 Å². The van der Waals surface area contributed by atoms with Crippen LogP contribution in [0.25, 0.3) is 0 Å². The van der Waals surface area contributed by atoms with Gasteiger partial charge in [-0.25, -0.2) is 8.42 Å². The summed E-state index contributed by atoms with van der Waals surface area (Å²) in [6.45, 7) is 6.13. The third kappa shape index (κ3) is 6.18. The average Bonchev–Trinajstić information content (AvgIpc) is 2.75. The first-order valence-electron chi connectivity index (χ1n) is 10.6. The predicted molar refractivity (Wildman–Crippen MR) is 116 cm³/mol. The van der Waals surface area contributed by atoms with Gasteiger partial charge in [0.2, 0.25) is 21.8 Å². The zero-order chi connectivity index (χ0) is 22.1. The van der Waals surface area contributed by atoms with Gasteiger partial charge in [-0.3, -0.25) is 9.59 Å². The summed E-state index contributed by atoms with van der Waals surface area (Å²) in [7, 11) is -2.27. The number of piperidine rings is 1. The lowest BCUT2D eigenvalue weighted by molar-refractivity contribution is -0.131. The number of anilines is 1. The topological polar surface area (TPSA) is 96.0 Å². The van der Waals surface area contributed by atoms with E-state index in [9.17, 15) is 18.0 Å². The molecule has 9 heteroatoms. The van der Waals surface area contributed by atoms with Crippen molar-refractivity contribution in [3.05, 3.63) is 18.2 Å². The fourth-order valence-electron chi connectivity index (χ4n) is 3.56. The monoisotopic (exact) mass is 439 g/mol. The van der Waals surface area contributed by atoms with Crippen LogP contribution in [0.2, 0.25) is 0 Å². The first-order valence-corrected chi connectivity index (χ1v) is 12.0. The van der Waals surface area contributed by atoms with Crippen LogP contribution in [-0.4, -0.2) is 62.7 Å². The summed E-state index contributed by atoms with van der Waals surface area (Å²) in [6.07, 6.45) is 3.64. The number of sulfonamides is 1. The van der Waals surface area contributed by atoms with Gasteiger partial charge in [0.25, 0.3) is 0 Å². The van der Waals surface area contributed by atoms with Crippen molar-refractivity contribution in [2.45, 2.75) is 57.3 Å². The molecule has 0 spiro atoms. The van der Waals surface area contributed by atoms with Crippen LogP contribution in [0.15, 0.2) is 23.1 Å². The summed E-state index contributed by atoms with van der Waals surface area (Å²) in [5.41, 5.74) is 0.395. The van der Waals surface area contributed by atoms with Gasteiger partial charge in [-0.1, -0.05) is 6.42 Å². The Morgan fingerprint density at radius 2 is 1.77 bits per heavy atom. The zero-order valence-corrected chi connectivity index (χ0v) is 19.0. The molecule has 0 unspecified atom stereocenters. The highest BCUT2D eigenvalue weighted by Crippen LogP contribution is 2.31. The van der Waals surface area contributed by atoms with Crippen LogP contribution in [0, 0.1) is 0 Å². The van der Waals surface area contributed by atoms with Gasteiger partial charge in [-0.15, -0.1) is 0 Å². The predicted octanol–water partition coefficient (Wildman–Crippen LogP) is 2.85. The molecule has 1 fully saturated rings. The van der Waals surface area contributed by atoms with E-state index in [1.54, 1.807) is 17.0 Å². The molecule has 2 amide bonds. The fourth-order valence-corrected chi connectivity index (χ4v) is 5.26. The van der Waals surface area contributed by atoms with Crippen molar-refractivity contribution in [2.24, 2.45) is 0 Å². The van der Waals surface area contributed by atoms with Crippen LogP contribution in [-0.2, 0) is 19.6 Å². The van der Waals surface area contributed by atoms with E-state index in [-0.39, 0.29) is 28.9 Å². The maximum absolute atomic E-state index is 13.1. The molecule has 1 saturated heterocycles. The fraction of sp³-hybridized carbons (Fsp3) is 0.619. The summed E-state index contributed by atoms with van der Waals surface area (Å²) < 4.78 is 32.9. The van der Waals surface area contributed by atoms with E-state index < -0.39 is 10.0 Å². The lowest BCUT2D eigenvalue weighted by atomic mass is 10.2. The van der Waals surface area contributed by atoms with Gasteiger partial charge in [-0.05, 0) is 51.3 Å². The number of hydrogen-bond donors (Lipinski definition) is 1. The molecular formula is C21H33N3O5S. The molecular weight excluding hydrogens is 406 g/mol. The molecule has 0 atom stereocenters. The number of nitrogens with one attached hydrogen (secondary N) is 1. The van der Waals surface area contributed by atoms with E-state index in [2.05, 4.69) is 5.32 Å². The zero-order valence-electron chi connectivity index (χ0n) is 18.1. The largest absolute Gasteiger partial charge is 0.495 e. The Balaban J connectivity index is 2.04. The summed E-state index contributed by atoms with van der Waals surface area (Å²) in [5.74, 6) is 0.0318. The number of carbonyl (C=O) groups is 2. The van der Waals surface area contributed by atoms with Crippen molar-refractivity contribution >= 4 is 27.5 Å². The quantitative estimate of drug-likeness (QED) is 0.605. The molecule has 1 aliphatic heterocycles. The van der Waals surface area contributed by atoms with E-state index in [0.717, 1.165) is 19.3 Å². The second kappa shape index (κ2) is 11.3. The van der Waals surface area contributed by atoms with Crippen molar-refractivity contribution in [3.63, 3.8) is 0 Å². The van der Waals surface area contributed by atoms with Gasteiger partial charge in [-0.2, -0.15) is 4.31 Å². The minimum atomic E-state index is -3.70. The Morgan fingerprint density at radius 1 is 1.10 bits per heavy atom. The Hall–Kier alpha value is -2.13. The smallest absolute Gasteiger partial charge is 0.246 e. The number of methoxy groups -OCH3 is 1. The van der Waals surface area contributed by atoms with Crippen LogP contribution in [0.5, 0.6) is 5.75 Å². The summed E-state index contributed by atoms with van der Waals surface area (Å²) in [4.78, 5) is 26.1. The number of rotatable bonds is 10. The molecule has 1 N–H and O–H groups in total. The standard InChI is InChI=1S/C21H33N3O5S/c1-4-23(5-2)21(26)11-9-10-20(25)22-17-12-13-18(29-3)19(16-17)30(27,28)24-14-7-6-8-15-24/h12-13,16H,4-11,14-15H2,1-3H3,(H,22,25). The van der Waals surface area contributed by atoms with E-state index >= 15 is 0 Å². The molecule has 168 valence electrons. The molecule has 1 aliphatic rings. The molecule has 30 heavy (non-hydrogen) atoms. The number of benzene rings is 1. The number of nitrogens with zero attached hydrogens (tertiary/aromatic N) is 2. The van der Waals surface area contributed by atoms with Crippen LogP contribution < -0.4 is 10.1 Å². The lowest BCUT2D eigenvalue weighted by Gasteiger charge is -2.26. The molecule has 1 heterocycles. The Bertz CT molecular complexity index is 831. The maximum Gasteiger partial charge on any atom is 0.246 e. The molecule has 0 saturated carbocycles. The summed E-state index contributed by atoms with van der Waals surface area (Å²) in [6, 6.07) is 4.62. The molecule has 0 bridgehead atoms. The van der Waals surface area contributed by atoms with Crippen molar-refractivity contribution in [1.29, 1.82) is 0 Å². The lowest BCUT2D eigenvalue weighted by Crippen LogP contribution is -2.35. The first-order chi connectivity index (χ1) is 14.3. The van der Waals surface area contributed by atoms with Crippen LogP contribution in [0.4, 0.5) is 5.69 Å². The SMILES string of the molecule is CCN(CC)C(=O)CCCC(=O)Nc1ccc(OC)c(S(=O)(=O)N2CCCCC2)c1. The molecule has 0 radical (unpaired) electrons. The number of carbonyl (C=O) groups excluding carboxylic acids is 2. The normalized spacial score (nSPS) is 14.9. The molecule has 0 aliphatic carbocycles. The van der Waals surface area contributed by atoms with Crippen LogP contribution in [0.1, 0.15) is 52.4 Å². The minimum Gasteiger partial charge on any atom is -0.495 e. The number of ether oxygens (including phenoxy) is 1. The van der Waals surface area contributed by atoms with Crippen LogP contribution in [0.3, 0.4) is 0 Å². The van der Waals surface area contributed by atoms with Crippen molar-refractivity contribution in [2.75, 3.05) is 38.6 Å². The Morgan fingerprint density at radius 3 is 2.37 bits per heavy atom. The highest BCUT2D eigenvalue weighted by molar-refractivity contribution is 7.89. The highest BCUT2D eigenvalue weighted by atomic mass is 32.2. The third-order valence-corrected chi connectivity index (χ3v) is 7.21. The molecule has 2 rings (SSSR count). The molecule has 8 nitrogen and oxygen atoms in total. The van der Waals surface area contributed by atoms with E-state index in [1.165, 1.54) is 17.5 Å². The maximum atomic E-state index is 13.1. The summed E-state index contributed by atoms with van der Waals surface area (Å²) in [5, 5.41) is 2.74. The Kier molecular flexibility index (Phi) is 9.10. The van der Waals surface area contributed by atoms with Gasteiger partial charge >= 0.3 is 0 Å². The van der Waals surface area contributed by atoms with Crippen molar-refractivity contribution < 1.29 is 22.7 Å². The van der Waals surface area contributed by atoms with E-state index in [0.29, 0.717) is 44.7 Å². The van der Waals surface area contributed by atoms with Gasteiger partial charge in [0.15, 0.2) is 0 Å². The Labute approximate surface area is 179 Å². The van der Waals surface area contributed by atoms with E-state index in [1.807, 2.05) is 13.8 Å². The average molecular weight is 440 g/mol. The van der Waals surface area contributed by atoms with Gasteiger partial charge < -0.3 is 15.0 Å². The highest BCUT2D eigenvalue weighted by Gasteiger charge is 2.29. The van der Waals surface area contributed by atoms with Crippen molar-refractivity contribution in [1.82, 2.24) is 9.21 Å². The molecule has 1 aromatic rings. The second-order valence-corrected chi connectivity index (χ2v) is 9.20. The van der Waals surface area contributed by atoms with Crippen molar-refractivity contribution in [3.8, 4) is 5.75 Å². The van der Waals surface area contributed by atoms with Crippen LogP contribution >= 0.6 is 0 Å². The minimum absolute atomic E-state index is 0.0344. The number of amides is 2. The first kappa shape index (κ1) is 24.1. The van der Waals surface area contributed by atoms with Gasteiger partial charge in [0.1, 0.15) is 10.6 Å². The van der Waals surface area contributed by atoms with E-state index in [4.69, 9.17) is 4.74 Å². The second-order valence-electron chi connectivity index (χ2n) is 7.30. The van der Waals surface area contributed by atoms with Gasteiger partial charge in [0, 0.05) is 44.7 Å². The number of hydrogen-bond acceptors (Lipinski definition) is 5. The third-order valence-electron chi connectivity index (χ3n) is 5.29. The molecule has 0 aromatic heterocycles. The summed E-state index contributed by atoms with van der Waals surface area (Å²) >= 11 is 0.